The standard InChI is InChI=1S/C42H52N8O8/c1-24(2)35(47-40(53)55-5)39(52)49-17-7-8-34(49)37-44-23-33(46-37)29-15-11-27(12-16-29)26-9-13-28(14-10-26)32-22-43-36(45-32)30-20-42(57-18-19-58-42)21-31(30)38(51)50(25(3)4)48-41(54)56-6/h9-16,22-25,30-31,34-35H,7-8,17-21H2,1-6H3,(H,43,45)(H,44,46)(H,47,53)(H,48,54)/t30-,31-,34-,35?/m0/s1. The number of carbonyl (C=O) groups excluding carboxylic acids is 4. The highest BCUT2D eigenvalue weighted by molar-refractivity contribution is 5.86. The number of benzene rings is 2. The Balaban J connectivity index is 1.03. The number of methoxy groups -OCH3 is 2. The van der Waals surface area contributed by atoms with Crippen LogP contribution in [0.25, 0.3) is 33.6 Å². The summed E-state index contributed by atoms with van der Waals surface area (Å²) in [6.07, 6.45) is 4.62. The van der Waals surface area contributed by atoms with Crippen LogP contribution in [0.5, 0.6) is 0 Å². The highest BCUT2D eigenvalue weighted by atomic mass is 16.7. The number of alkyl carbamates (subject to hydrolysis) is 1. The third-order valence-electron chi connectivity index (χ3n) is 11.3. The average molecular weight is 797 g/mol. The minimum atomic E-state index is -0.886. The van der Waals surface area contributed by atoms with E-state index in [9.17, 15) is 19.2 Å². The number of aromatic amines is 2. The summed E-state index contributed by atoms with van der Waals surface area (Å²) in [6.45, 7) is 8.92. The fourth-order valence-corrected chi connectivity index (χ4v) is 8.28. The quantitative estimate of drug-likeness (QED) is 0.140. The monoisotopic (exact) mass is 796 g/mol. The molecule has 1 saturated carbocycles. The Bertz CT molecular complexity index is 2090. The van der Waals surface area contributed by atoms with Crippen LogP contribution < -0.4 is 10.7 Å². The second kappa shape index (κ2) is 17.0. The average Bonchev–Trinajstić information content (AvgIpc) is 4.09. The van der Waals surface area contributed by atoms with Gasteiger partial charge in [0.25, 0.3) is 0 Å². The van der Waals surface area contributed by atoms with Gasteiger partial charge in [-0.2, -0.15) is 0 Å². The zero-order valence-corrected chi connectivity index (χ0v) is 33.7. The third kappa shape index (κ3) is 8.29. The lowest BCUT2D eigenvalue weighted by molar-refractivity contribution is -0.159. The maximum Gasteiger partial charge on any atom is 0.425 e. The first-order chi connectivity index (χ1) is 27.9. The number of imidazole rings is 2. The number of hydrazine groups is 1. The van der Waals surface area contributed by atoms with Crippen LogP contribution in [0.1, 0.15) is 77.0 Å². The van der Waals surface area contributed by atoms with Gasteiger partial charge in [0.1, 0.15) is 17.7 Å². The van der Waals surface area contributed by atoms with Crippen molar-refractivity contribution in [1.29, 1.82) is 0 Å². The van der Waals surface area contributed by atoms with Crippen LogP contribution in [0.3, 0.4) is 0 Å². The van der Waals surface area contributed by atoms with Crippen LogP contribution in [0, 0.1) is 11.8 Å². The summed E-state index contributed by atoms with van der Waals surface area (Å²) >= 11 is 0. The SMILES string of the molecule is COC(=O)NC(C(=O)N1CCC[C@H]1c1ncc(-c2ccc(-c3ccc(-c4cnc([C@H]5CC6(C[C@@H]5C(=O)N(NC(=O)OC)C(C)C)OCCO6)[nH]4)cc3)cc2)[nH]1)C(C)C. The predicted octanol–water partition coefficient (Wildman–Crippen LogP) is 5.92. The van der Waals surface area contributed by atoms with E-state index in [1.165, 1.54) is 19.2 Å². The zero-order chi connectivity index (χ0) is 41.1. The van der Waals surface area contributed by atoms with Crippen LogP contribution >= 0.6 is 0 Å². The van der Waals surface area contributed by atoms with Crippen molar-refractivity contribution < 1.29 is 38.1 Å². The van der Waals surface area contributed by atoms with Crippen molar-refractivity contribution in [3.8, 4) is 33.6 Å². The van der Waals surface area contributed by atoms with E-state index in [4.69, 9.17) is 23.9 Å². The molecule has 2 aromatic heterocycles. The molecular formula is C42H52N8O8. The minimum absolute atomic E-state index is 0.112. The van der Waals surface area contributed by atoms with Gasteiger partial charge in [0.15, 0.2) is 5.79 Å². The van der Waals surface area contributed by atoms with Gasteiger partial charge >= 0.3 is 12.2 Å². The summed E-state index contributed by atoms with van der Waals surface area (Å²) in [5, 5.41) is 4.00. The van der Waals surface area contributed by atoms with Gasteiger partial charge in [-0.3, -0.25) is 9.59 Å². The number of H-pyrrole nitrogens is 2. The summed E-state index contributed by atoms with van der Waals surface area (Å²) in [6, 6.07) is 15.2. The molecule has 4 heterocycles. The molecule has 0 radical (unpaired) electrons. The minimum Gasteiger partial charge on any atom is -0.453 e. The van der Waals surface area contributed by atoms with Crippen molar-refractivity contribution >= 4 is 24.0 Å². The van der Waals surface area contributed by atoms with Crippen LogP contribution in [0.2, 0.25) is 0 Å². The number of ether oxygens (including phenoxy) is 4. The zero-order valence-electron chi connectivity index (χ0n) is 33.7. The molecule has 1 unspecified atom stereocenters. The number of amides is 4. The lowest BCUT2D eigenvalue weighted by Crippen LogP contribution is -2.52. The number of carbonyl (C=O) groups is 4. The van der Waals surface area contributed by atoms with Gasteiger partial charge in [0.2, 0.25) is 11.8 Å². The number of aromatic nitrogens is 4. The number of nitrogens with one attached hydrogen (secondary N) is 4. The van der Waals surface area contributed by atoms with Crippen LogP contribution in [-0.4, -0.2) is 106 Å². The Morgan fingerprint density at radius 2 is 1.36 bits per heavy atom. The predicted molar refractivity (Wildman–Crippen MR) is 213 cm³/mol. The molecule has 4 aromatic rings. The first kappa shape index (κ1) is 40.5. The van der Waals surface area contributed by atoms with Crippen molar-refractivity contribution in [2.75, 3.05) is 34.0 Å². The van der Waals surface area contributed by atoms with E-state index in [0.29, 0.717) is 44.2 Å². The molecule has 16 heteroatoms. The van der Waals surface area contributed by atoms with E-state index in [-0.39, 0.29) is 35.7 Å². The first-order valence-electron chi connectivity index (χ1n) is 19.8. The highest BCUT2D eigenvalue weighted by Gasteiger charge is 2.54. The van der Waals surface area contributed by atoms with E-state index >= 15 is 0 Å². The fraction of sp³-hybridized carbons (Fsp3) is 0.476. The van der Waals surface area contributed by atoms with Crippen molar-refractivity contribution in [2.24, 2.45) is 11.8 Å². The fourth-order valence-electron chi connectivity index (χ4n) is 8.28. The highest BCUT2D eigenvalue weighted by Crippen LogP contribution is 2.49. The van der Waals surface area contributed by atoms with E-state index in [1.807, 2.05) is 52.0 Å². The number of hydrogen-bond acceptors (Lipinski definition) is 10. The summed E-state index contributed by atoms with van der Waals surface area (Å²) in [4.78, 5) is 69.7. The maximum atomic E-state index is 13.9. The molecule has 1 aliphatic carbocycles. The second-order valence-corrected chi connectivity index (χ2v) is 15.7. The largest absolute Gasteiger partial charge is 0.453 e. The molecule has 4 N–H and O–H groups in total. The second-order valence-electron chi connectivity index (χ2n) is 15.7. The lowest BCUT2D eigenvalue weighted by Gasteiger charge is -2.30. The normalized spacial score (nSPS) is 20.4. The van der Waals surface area contributed by atoms with Gasteiger partial charge in [-0.25, -0.2) is 30.0 Å². The van der Waals surface area contributed by atoms with Crippen LogP contribution in [0.15, 0.2) is 60.9 Å². The summed E-state index contributed by atoms with van der Waals surface area (Å²) in [7, 11) is 2.54. The molecule has 2 saturated heterocycles. The molecule has 7 rings (SSSR count). The van der Waals surface area contributed by atoms with Crippen LogP contribution in [0.4, 0.5) is 9.59 Å². The number of rotatable bonds is 10. The Morgan fingerprint density at radius 1 is 0.810 bits per heavy atom. The van der Waals surface area contributed by atoms with Crippen molar-refractivity contribution in [3.63, 3.8) is 0 Å². The van der Waals surface area contributed by atoms with Crippen molar-refractivity contribution in [3.05, 3.63) is 72.6 Å². The summed E-state index contributed by atoms with van der Waals surface area (Å²) in [5.41, 5.74) is 8.19. The molecule has 0 bridgehead atoms. The molecule has 4 amide bonds. The Morgan fingerprint density at radius 3 is 1.91 bits per heavy atom. The number of hydrogen-bond donors (Lipinski definition) is 4. The van der Waals surface area contributed by atoms with E-state index in [2.05, 4.69) is 50.0 Å². The topological polar surface area (TPSA) is 193 Å². The van der Waals surface area contributed by atoms with Gasteiger partial charge in [-0.15, -0.1) is 0 Å². The van der Waals surface area contributed by atoms with Gasteiger partial charge in [-0.05, 0) is 54.9 Å². The smallest absolute Gasteiger partial charge is 0.425 e. The lowest BCUT2D eigenvalue weighted by atomic mass is 9.94. The molecule has 3 fully saturated rings. The molecule has 58 heavy (non-hydrogen) atoms. The van der Waals surface area contributed by atoms with Crippen molar-refractivity contribution in [2.45, 2.75) is 83.2 Å². The van der Waals surface area contributed by atoms with Gasteiger partial charge < -0.3 is 39.1 Å². The van der Waals surface area contributed by atoms with Crippen molar-refractivity contribution in [1.82, 2.24) is 40.6 Å². The Kier molecular flexibility index (Phi) is 11.9. The number of likely N-dealkylation sites (tertiary alicyclic amines) is 1. The third-order valence-corrected chi connectivity index (χ3v) is 11.3. The summed E-state index contributed by atoms with van der Waals surface area (Å²) in [5.74, 6) is -0.942. The molecule has 308 valence electrons. The van der Waals surface area contributed by atoms with Gasteiger partial charge in [0.05, 0.1) is 63.2 Å². The van der Waals surface area contributed by atoms with E-state index in [0.717, 1.165) is 46.5 Å². The molecule has 2 aliphatic heterocycles. The Labute approximate surface area is 337 Å². The molecule has 2 aromatic carbocycles. The number of nitrogens with zero attached hydrogens (tertiary/aromatic N) is 4. The van der Waals surface area contributed by atoms with Gasteiger partial charge in [-0.1, -0.05) is 62.4 Å². The molecule has 3 aliphatic rings. The van der Waals surface area contributed by atoms with E-state index < -0.39 is 29.9 Å². The maximum absolute atomic E-state index is 13.9. The van der Waals surface area contributed by atoms with Crippen LogP contribution in [-0.2, 0) is 28.5 Å². The molecule has 1 spiro atoms. The van der Waals surface area contributed by atoms with Gasteiger partial charge in [0, 0.05) is 31.3 Å². The van der Waals surface area contributed by atoms with E-state index in [1.54, 1.807) is 17.3 Å². The molecule has 4 atom stereocenters. The molecule has 16 nitrogen and oxygen atoms in total. The molecular weight excluding hydrogens is 745 g/mol. The first-order valence-corrected chi connectivity index (χ1v) is 19.8. The summed E-state index contributed by atoms with van der Waals surface area (Å²) < 4.78 is 21.6. The Hall–Kier alpha value is -5.74.